The lowest BCUT2D eigenvalue weighted by Crippen LogP contribution is -2.32. The maximum Gasteiger partial charge on any atom is 0.307 e. The number of carbonyl (C=O) groups excluding carboxylic acids is 2. The molecular formula is C19H21ClN2O5S. The molecule has 2 aromatic carbocycles. The van der Waals surface area contributed by atoms with Crippen molar-refractivity contribution in [2.75, 3.05) is 11.9 Å². The quantitative estimate of drug-likeness (QED) is 0.634. The number of halogens is 1. The van der Waals surface area contributed by atoms with E-state index >= 15 is 0 Å². The second kappa shape index (κ2) is 9.68. The van der Waals surface area contributed by atoms with Crippen LogP contribution in [0.15, 0.2) is 53.4 Å². The first-order chi connectivity index (χ1) is 13.2. The van der Waals surface area contributed by atoms with Gasteiger partial charge in [0.25, 0.3) is 5.91 Å². The van der Waals surface area contributed by atoms with E-state index in [4.69, 9.17) is 16.3 Å². The van der Waals surface area contributed by atoms with Crippen LogP contribution in [0.5, 0.6) is 0 Å². The lowest BCUT2D eigenvalue weighted by Gasteiger charge is -2.14. The Morgan fingerprint density at radius 3 is 2.29 bits per heavy atom. The number of benzene rings is 2. The summed E-state index contributed by atoms with van der Waals surface area (Å²) in [5.41, 5.74) is 1.46. The normalized spacial score (nSPS) is 12.2. The number of esters is 1. The SMILES string of the molecule is Cc1ccc(S(=O)(=O)NCCC(=O)O[C@@H](C)C(=O)Nc2ccc(Cl)cc2)cc1. The highest BCUT2D eigenvalue weighted by atomic mass is 35.5. The molecule has 0 unspecified atom stereocenters. The second-order valence-corrected chi connectivity index (χ2v) is 8.29. The summed E-state index contributed by atoms with van der Waals surface area (Å²) in [6, 6.07) is 12.8. The lowest BCUT2D eigenvalue weighted by molar-refractivity contribution is -0.152. The van der Waals surface area contributed by atoms with Crippen molar-refractivity contribution in [2.24, 2.45) is 0 Å². The molecule has 0 aliphatic carbocycles. The predicted octanol–water partition coefficient (Wildman–Crippen LogP) is 2.89. The van der Waals surface area contributed by atoms with Gasteiger partial charge in [-0.2, -0.15) is 0 Å². The molecule has 2 N–H and O–H groups in total. The van der Waals surface area contributed by atoms with E-state index in [2.05, 4.69) is 10.0 Å². The summed E-state index contributed by atoms with van der Waals surface area (Å²) < 4.78 is 31.7. The molecule has 0 aliphatic rings. The summed E-state index contributed by atoms with van der Waals surface area (Å²) in [7, 11) is -3.71. The largest absolute Gasteiger partial charge is 0.452 e. The van der Waals surface area contributed by atoms with Crippen LogP contribution < -0.4 is 10.0 Å². The fourth-order valence-corrected chi connectivity index (χ4v) is 3.33. The van der Waals surface area contributed by atoms with Gasteiger partial charge in [-0.15, -0.1) is 0 Å². The zero-order valence-corrected chi connectivity index (χ0v) is 17.0. The van der Waals surface area contributed by atoms with E-state index in [0.29, 0.717) is 10.7 Å². The molecule has 9 heteroatoms. The molecule has 0 bridgehead atoms. The molecule has 0 spiro atoms. The number of nitrogens with one attached hydrogen (secondary N) is 2. The lowest BCUT2D eigenvalue weighted by atomic mass is 10.2. The van der Waals surface area contributed by atoms with Crippen LogP contribution in [0.3, 0.4) is 0 Å². The van der Waals surface area contributed by atoms with Crippen LogP contribution in [-0.4, -0.2) is 32.9 Å². The van der Waals surface area contributed by atoms with Crippen molar-refractivity contribution in [1.82, 2.24) is 4.72 Å². The van der Waals surface area contributed by atoms with E-state index in [1.54, 1.807) is 36.4 Å². The minimum Gasteiger partial charge on any atom is -0.452 e. The summed E-state index contributed by atoms with van der Waals surface area (Å²) in [6.07, 6.45) is -1.24. The molecule has 0 radical (unpaired) electrons. The van der Waals surface area contributed by atoms with Gasteiger partial charge in [0, 0.05) is 17.3 Å². The van der Waals surface area contributed by atoms with Crippen LogP contribution in [0.25, 0.3) is 0 Å². The minimum absolute atomic E-state index is 0.113. The number of carbonyl (C=O) groups is 2. The molecule has 150 valence electrons. The van der Waals surface area contributed by atoms with Crippen LogP contribution in [0.4, 0.5) is 5.69 Å². The highest BCUT2D eigenvalue weighted by Gasteiger charge is 2.19. The number of hydrogen-bond acceptors (Lipinski definition) is 5. The van der Waals surface area contributed by atoms with Crippen LogP contribution in [0, 0.1) is 6.92 Å². The number of rotatable bonds is 8. The van der Waals surface area contributed by atoms with Crippen molar-refractivity contribution in [3.8, 4) is 0 Å². The maximum absolute atomic E-state index is 12.1. The summed E-state index contributed by atoms with van der Waals surface area (Å²) >= 11 is 5.78. The van der Waals surface area contributed by atoms with E-state index in [-0.39, 0.29) is 17.9 Å². The molecule has 28 heavy (non-hydrogen) atoms. The van der Waals surface area contributed by atoms with Crippen molar-refractivity contribution >= 4 is 39.2 Å². The smallest absolute Gasteiger partial charge is 0.307 e. The molecular weight excluding hydrogens is 404 g/mol. The summed E-state index contributed by atoms with van der Waals surface area (Å²) in [5, 5.41) is 3.13. The Morgan fingerprint density at radius 1 is 1.07 bits per heavy atom. The third-order valence-corrected chi connectivity index (χ3v) is 5.47. The molecule has 0 saturated heterocycles. The zero-order valence-electron chi connectivity index (χ0n) is 15.4. The monoisotopic (exact) mass is 424 g/mol. The van der Waals surface area contributed by atoms with Gasteiger partial charge in [0.1, 0.15) is 0 Å². The van der Waals surface area contributed by atoms with Gasteiger partial charge in [-0.3, -0.25) is 9.59 Å². The van der Waals surface area contributed by atoms with Gasteiger partial charge in [-0.05, 0) is 50.2 Å². The Kier molecular flexibility index (Phi) is 7.56. The number of aryl methyl sites for hydroxylation is 1. The van der Waals surface area contributed by atoms with Crippen molar-refractivity contribution in [2.45, 2.75) is 31.3 Å². The maximum atomic E-state index is 12.1. The average Bonchev–Trinajstić information content (AvgIpc) is 2.63. The summed E-state index contributed by atoms with van der Waals surface area (Å²) in [5.74, 6) is -1.19. The molecule has 2 rings (SSSR count). The van der Waals surface area contributed by atoms with Crippen molar-refractivity contribution in [1.29, 1.82) is 0 Å². The van der Waals surface area contributed by atoms with Gasteiger partial charge >= 0.3 is 5.97 Å². The third kappa shape index (κ3) is 6.63. The van der Waals surface area contributed by atoms with Gasteiger partial charge in [-0.1, -0.05) is 29.3 Å². The van der Waals surface area contributed by atoms with E-state index in [0.717, 1.165) is 5.56 Å². The van der Waals surface area contributed by atoms with Gasteiger partial charge in [0.2, 0.25) is 10.0 Å². The van der Waals surface area contributed by atoms with E-state index in [1.165, 1.54) is 19.1 Å². The Balaban J connectivity index is 1.78. The fraction of sp³-hybridized carbons (Fsp3) is 0.263. The fourth-order valence-electron chi connectivity index (χ4n) is 2.17. The number of anilines is 1. The molecule has 1 atom stereocenters. The second-order valence-electron chi connectivity index (χ2n) is 6.09. The average molecular weight is 425 g/mol. The topological polar surface area (TPSA) is 102 Å². The molecule has 2 aromatic rings. The van der Waals surface area contributed by atoms with E-state index < -0.39 is 28.0 Å². The molecule has 0 fully saturated rings. The van der Waals surface area contributed by atoms with Crippen LogP contribution in [0.1, 0.15) is 18.9 Å². The van der Waals surface area contributed by atoms with Crippen molar-refractivity contribution < 1.29 is 22.7 Å². The Labute approximate surface area is 169 Å². The third-order valence-electron chi connectivity index (χ3n) is 3.74. The Morgan fingerprint density at radius 2 is 1.68 bits per heavy atom. The number of sulfonamides is 1. The van der Waals surface area contributed by atoms with Crippen LogP contribution >= 0.6 is 11.6 Å². The van der Waals surface area contributed by atoms with Crippen molar-refractivity contribution in [3.05, 3.63) is 59.1 Å². The van der Waals surface area contributed by atoms with Gasteiger partial charge in [0.15, 0.2) is 6.10 Å². The summed E-state index contributed by atoms with van der Waals surface area (Å²) in [4.78, 5) is 24.0. The summed E-state index contributed by atoms with van der Waals surface area (Å²) in [6.45, 7) is 3.14. The first-order valence-corrected chi connectivity index (χ1v) is 10.4. The standard InChI is InChI=1S/C19H21ClN2O5S/c1-13-3-9-17(10-4-13)28(25,26)21-12-11-18(23)27-14(2)19(24)22-16-7-5-15(20)6-8-16/h3-10,14,21H,11-12H2,1-2H3,(H,22,24)/t14-/m0/s1. The Hall–Kier alpha value is -2.42. The highest BCUT2D eigenvalue weighted by Crippen LogP contribution is 2.14. The van der Waals surface area contributed by atoms with Crippen LogP contribution in [-0.2, 0) is 24.3 Å². The predicted molar refractivity (Wildman–Crippen MR) is 107 cm³/mol. The first kappa shape index (κ1) is 21.9. The van der Waals surface area contributed by atoms with Crippen LogP contribution in [0.2, 0.25) is 5.02 Å². The van der Waals surface area contributed by atoms with Gasteiger partial charge < -0.3 is 10.1 Å². The molecule has 0 aromatic heterocycles. The minimum atomic E-state index is -3.71. The first-order valence-electron chi connectivity index (χ1n) is 8.49. The van der Waals surface area contributed by atoms with Gasteiger partial charge in [0.05, 0.1) is 11.3 Å². The highest BCUT2D eigenvalue weighted by molar-refractivity contribution is 7.89. The molecule has 0 saturated carbocycles. The molecule has 0 aliphatic heterocycles. The molecule has 7 nitrogen and oxygen atoms in total. The van der Waals surface area contributed by atoms with Gasteiger partial charge in [-0.25, -0.2) is 13.1 Å². The number of hydrogen-bond donors (Lipinski definition) is 2. The number of amides is 1. The molecule has 0 heterocycles. The Bertz CT molecular complexity index is 928. The molecule has 1 amide bonds. The van der Waals surface area contributed by atoms with E-state index in [9.17, 15) is 18.0 Å². The number of ether oxygens (including phenoxy) is 1. The van der Waals surface area contributed by atoms with Crippen molar-refractivity contribution in [3.63, 3.8) is 0 Å². The van der Waals surface area contributed by atoms with E-state index in [1.807, 2.05) is 6.92 Å². The zero-order chi connectivity index (χ0) is 20.7.